The zero-order valence-corrected chi connectivity index (χ0v) is 13.2. The fourth-order valence-corrected chi connectivity index (χ4v) is 2.55. The molecule has 1 aliphatic rings. The molecule has 1 aliphatic heterocycles. The molecule has 4 nitrogen and oxygen atoms in total. The number of benzene rings is 1. The molecule has 2 rings (SSSR count). The van der Waals surface area contributed by atoms with Gasteiger partial charge in [-0.1, -0.05) is 24.6 Å². The summed E-state index contributed by atoms with van der Waals surface area (Å²) in [7, 11) is 0. The van der Waals surface area contributed by atoms with Gasteiger partial charge in [-0.15, -0.1) is 0 Å². The summed E-state index contributed by atoms with van der Waals surface area (Å²) >= 11 is 0. The van der Waals surface area contributed by atoms with Gasteiger partial charge in [-0.2, -0.15) is 0 Å². The van der Waals surface area contributed by atoms with Crippen LogP contribution in [0.5, 0.6) is 0 Å². The Hall–Kier alpha value is -1.84. The highest BCUT2D eigenvalue weighted by molar-refractivity contribution is 5.98. The molecule has 0 unspecified atom stereocenters. The number of carbonyl (C=O) groups is 1. The van der Waals surface area contributed by atoms with Crippen LogP contribution in [0.2, 0.25) is 0 Å². The van der Waals surface area contributed by atoms with Crippen LogP contribution in [0.25, 0.3) is 0 Å². The molecule has 0 fully saturated rings. The minimum Gasteiger partial charge on any atom is -0.362 e. The van der Waals surface area contributed by atoms with Crippen LogP contribution in [0.15, 0.2) is 23.2 Å². The number of amides is 1. The number of aliphatic imine (C=N–C) groups is 1. The Morgan fingerprint density at radius 2 is 1.90 bits per heavy atom. The average molecular weight is 287 g/mol. The van der Waals surface area contributed by atoms with Crippen LogP contribution < -0.4 is 10.6 Å². The Morgan fingerprint density at radius 1 is 1.19 bits per heavy atom. The topological polar surface area (TPSA) is 53.5 Å². The van der Waals surface area contributed by atoms with Crippen LogP contribution in [0.1, 0.15) is 43.7 Å². The van der Waals surface area contributed by atoms with Gasteiger partial charge in [0.1, 0.15) is 6.04 Å². The third kappa shape index (κ3) is 4.31. The quantitative estimate of drug-likeness (QED) is 0.897. The first-order valence-electron chi connectivity index (χ1n) is 7.75. The van der Waals surface area contributed by atoms with E-state index in [-0.39, 0.29) is 11.9 Å². The van der Waals surface area contributed by atoms with Crippen molar-refractivity contribution in [3.05, 3.63) is 29.3 Å². The van der Waals surface area contributed by atoms with Gasteiger partial charge in [0.2, 0.25) is 5.91 Å². The van der Waals surface area contributed by atoms with Gasteiger partial charge in [0, 0.05) is 18.7 Å². The van der Waals surface area contributed by atoms with E-state index in [4.69, 9.17) is 0 Å². The summed E-state index contributed by atoms with van der Waals surface area (Å²) in [6.45, 7) is 6.77. The molecule has 1 aromatic rings. The van der Waals surface area contributed by atoms with Crippen molar-refractivity contribution in [3.8, 4) is 0 Å². The number of rotatable bonds is 3. The number of hydrogen-bond acceptors (Lipinski definition) is 3. The van der Waals surface area contributed by atoms with Crippen molar-refractivity contribution in [2.24, 2.45) is 4.99 Å². The van der Waals surface area contributed by atoms with Crippen LogP contribution >= 0.6 is 0 Å². The number of nitrogens with zero attached hydrogens (tertiary/aromatic N) is 1. The molecule has 1 aromatic carbocycles. The molecule has 0 bridgehead atoms. The van der Waals surface area contributed by atoms with E-state index < -0.39 is 0 Å². The molecule has 1 atom stereocenters. The fraction of sp³-hybridized carbons (Fsp3) is 0.529. The average Bonchev–Trinajstić information content (AvgIpc) is 2.71. The molecule has 2 N–H and O–H groups in total. The largest absolute Gasteiger partial charge is 0.362 e. The maximum Gasteiger partial charge on any atom is 0.246 e. The lowest BCUT2D eigenvalue weighted by molar-refractivity contribution is -0.117. The summed E-state index contributed by atoms with van der Waals surface area (Å²) in [5.41, 5.74) is 3.09. The number of nitrogens with one attached hydrogen (secondary N) is 2. The zero-order chi connectivity index (χ0) is 15.2. The number of anilines is 1. The molecular weight excluding hydrogens is 262 g/mol. The normalized spacial score (nSPS) is 16.6. The molecule has 1 heterocycles. The summed E-state index contributed by atoms with van der Waals surface area (Å²) < 4.78 is 0. The second kappa shape index (κ2) is 7.25. The van der Waals surface area contributed by atoms with Crippen LogP contribution in [-0.4, -0.2) is 24.3 Å². The van der Waals surface area contributed by atoms with Crippen molar-refractivity contribution >= 4 is 17.4 Å². The van der Waals surface area contributed by atoms with Crippen molar-refractivity contribution in [1.82, 2.24) is 5.32 Å². The number of carbonyl (C=O) groups excluding carboxylic acids is 1. The van der Waals surface area contributed by atoms with Crippen molar-refractivity contribution in [1.29, 1.82) is 0 Å². The van der Waals surface area contributed by atoms with Gasteiger partial charge in [-0.3, -0.25) is 9.79 Å². The van der Waals surface area contributed by atoms with Crippen LogP contribution in [0.4, 0.5) is 5.69 Å². The van der Waals surface area contributed by atoms with Crippen molar-refractivity contribution < 1.29 is 4.79 Å². The highest BCUT2D eigenvalue weighted by atomic mass is 16.2. The van der Waals surface area contributed by atoms with Gasteiger partial charge in [-0.25, -0.2) is 0 Å². The van der Waals surface area contributed by atoms with E-state index in [1.54, 1.807) is 0 Å². The first kappa shape index (κ1) is 15.5. The highest BCUT2D eigenvalue weighted by Crippen LogP contribution is 2.19. The van der Waals surface area contributed by atoms with Gasteiger partial charge >= 0.3 is 0 Å². The monoisotopic (exact) mass is 287 g/mol. The third-order valence-electron chi connectivity index (χ3n) is 3.88. The minimum atomic E-state index is -0.277. The number of amidine groups is 1. The smallest absolute Gasteiger partial charge is 0.246 e. The van der Waals surface area contributed by atoms with Crippen molar-refractivity contribution in [3.63, 3.8) is 0 Å². The van der Waals surface area contributed by atoms with E-state index in [9.17, 15) is 4.79 Å². The van der Waals surface area contributed by atoms with Crippen LogP contribution in [-0.2, 0) is 4.79 Å². The Kier molecular flexibility index (Phi) is 5.37. The molecule has 0 spiro atoms. The maximum absolute atomic E-state index is 12.3. The molecule has 0 aliphatic carbocycles. The minimum absolute atomic E-state index is 0.0145. The van der Waals surface area contributed by atoms with Crippen molar-refractivity contribution in [2.75, 3.05) is 11.9 Å². The predicted molar refractivity (Wildman–Crippen MR) is 87.9 cm³/mol. The first-order chi connectivity index (χ1) is 10.1. The summed E-state index contributed by atoms with van der Waals surface area (Å²) in [6.07, 6.45) is 4.46. The van der Waals surface area contributed by atoms with E-state index in [2.05, 4.69) is 15.6 Å². The van der Waals surface area contributed by atoms with E-state index in [1.807, 2.05) is 39.0 Å². The van der Waals surface area contributed by atoms with Crippen molar-refractivity contribution in [2.45, 2.75) is 52.5 Å². The molecule has 0 radical (unpaired) electrons. The number of hydrogen-bond donors (Lipinski definition) is 2. The van der Waals surface area contributed by atoms with Gasteiger partial charge in [-0.05, 0) is 44.7 Å². The second-order valence-electron chi connectivity index (χ2n) is 5.76. The van der Waals surface area contributed by atoms with E-state index in [1.165, 1.54) is 6.42 Å². The first-order valence-corrected chi connectivity index (χ1v) is 7.75. The predicted octanol–water partition coefficient (Wildman–Crippen LogP) is 3.19. The van der Waals surface area contributed by atoms with E-state index in [0.29, 0.717) is 0 Å². The third-order valence-corrected chi connectivity index (χ3v) is 3.88. The van der Waals surface area contributed by atoms with Gasteiger partial charge < -0.3 is 10.6 Å². The molecule has 0 aromatic heterocycles. The maximum atomic E-state index is 12.3. The number of aryl methyl sites for hydroxylation is 2. The summed E-state index contributed by atoms with van der Waals surface area (Å²) in [5.74, 6) is 0.955. The second-order valence-corrected chi connectivity index (χ2v) is 5.76. The number of para-hydroxylation sites is 1. The molecule has 21 heavy (non-hydrogen) atoms. The summed E-state index contributed by atoms with van der Waals surface area (Å²) in [4.78, 5) is 16.9. The lowest BCUT2D eigenvalue weighted by Crippen LogP contribution is -2.41. The lowest BCUT2D eigenvalue weighted by atomic mass is 10.1. The fourth-order valence-electron chi connectivity index (χ4n) is 2.55. The summed E-state index contributed by atoms with van der Waals surface area (Å²) in [5, 5.41) is 6.28. The molecule has 0 saturated carbocycles. The highest BCUT2D eigenvalue weighted by Gasteiger charge is 2.16. The lowest BCUT2D eigenvalue weighted by Gasteiger charge is -2.18. The van der Waals surface area contributed by atoms with Gasteiger partial charge in [0.25, 0.3) is 0 Å². The van der Waals surface area contributed by atoms with Crippen LogP contribution in [0, 0.1) is 13.8 Å². The SMILES string of the molecule is Cc1cccc(C)c1NC(=O)[C@H](C)NC1=NCCCCC1. The Bertz CT molecular complexity index is 517. The Balaban J connectivity index is 1.98. The Morgan fingerprint density at radius 3 is 2.62 bits per heavy atom. The zero-order valence-electron chi connectivity index (χ0n) is 13.2. The molecule has 114 valence electrons. The molecule has 4 heteroatoms. The molecule has 0 saturated heterocycles. The van der Waals surface area contributed by atoms with Gasteiger partial charge in [0.05, 0.1) is 5.84 Å². The van der Waals surface area contributed by atoms with Gasteiger partial charge in [0.15, 0.2) is 0 Å². The van der Waals surface area contributed by atoms with Crippen LogP contribution in [0.3, 0.4) is 0 Å². The standard InChI is InChI=1S/C17H25N3O/c1-12-8-7-9-13(2)16(12)20-17(21)14(3)19-15-10-5-4-6-11-18-15/h7-9,14H,4-6,10-11H2,1-3H3,(H,18,19)(H,20,21)/t14-/m0/s1. The Labute approximate surface area is 127 Å². The summed E-state index contributed by atoms with van der Waals surface area (Å²) in [6, 6.07) is 5.75. The van der Waals surface area contributed by atoms with E-state index in [0.717, 1.165) is 48.5 Å². The molecular formula is C17H25N3O. The van der Waals surface area contributed by atoms with E-state index >= 15 is 0 Å². The molecule has 1 amide bonds.